The number of rotatable bonds is 13. The molecular formula is C46H54F2N6O10. The first-order valence-electron chi connectivity index (χ1n) is 21.5. The summed E-state index contributed by atoms with van der Waals surface area (Å²) < 4.78 is 55.1. The van der Waals surface area contributed by atoms with Crippen LogP contribution in [0.25, 0.3) is 11.3 Å². The minimum Gasteiger partial charge on any atom is -0.453 e. The predicted octanol–water partition coefficient (Wildman–Crippen LogP) is 5.35. The molecule has 0 unspecified atom stereocenters. The number of benzene rings is 2. The van der Waals surface area contributed by atoms with Crippen LogP contribution in [0.2, 0.25) is 0 Å². The smallest absolute Gasteiger partial charge is 0.410 e. The van der Waals surface area contributed by atoms with Gasteiger partial charge in [0.2, 0.25) is 0 Å². The molecule has 0 aliphatic carbocycles. The van der Waals surface area contributed by atoms with Gasteiger partial charge >= 0.3 is 18.2 Å². The number of imidazole rings is 1. The molecular weight excluding hydrogens is 835 g/mol. The van der Waals surface area contributed by atoms with Gasteiger partial charge in [0.25, 0.3) is 17.7 Å². The van der Waals surface area contributed by atoms with Crippen molar-refractivity contribution in [1.29, 1.82) is 0 Å². The van der Waals surface area contributed by atoms with Crippen molar-refractivity contribution < 1.29 is 56.5 Å². The standard InChI is InChI=1S/C46H54F2N6O10/c1-28(62-29(2)55)43(58)54(25-33-24-52(45(60)64-46(3,4)5)27-38(33)63-44(59)51-21-31(22-51)23-53-39(56)13-14-40(53)57)41(32-15-17-61-18-16-32)42-49-37(35-19-34(47)11-12-36(35)48)26-50(42)20-30-9-7-6-8-10-30/h6-14,19,26,28,31-33,38,41H,15-18,20-25,27H2,1-5H3/t28-,33-,38+,41+/m0/s1. The van der Waals surface area contributed by atoms with E-state index in [1.165, 1.54) is 35.8 Å². The summed E-state index contributed by atoms with van der Waals surface area (Å²) in [5.74, 6) is -4.31. The van der Waals surface area contributed by atoms with Gasteiger partial charge in [-0.2, -0.15) is 0 Å². The average Bonchev–Trinajstić information content (AvgIpc) is 3.92. The molecule has 7 rings (SSSR count). The Balaban J connectivity index is 1.26. The van der Waals surface area contributed by atoms with E-state index in [0.717, 1.165) is 28.7 Å². The van der Waals surface area contributed by atoms with Crippen LogP contribution < -0.4 is 0 Å². The minimum atomic E-state index is -1.29. The van der Waals surface area contributed by atoms with Crippen LogP contribution in [-0.4, -0.2) is 135 Å². The van der Waals surface area contributed by atoms with Crippen LogP contribution in [0.1, 0.15) is 64.9 Å². The zero-order chi connectivity index (χ0) is 45.9. The molecule has 0 spiro atoms. The lowest BCUT2D eigenvalue weighted by Crippen LogP contribution is -2.55. The van der Waals surface area contributed by atoms with E-state index >= 15 is 4.39 Å². The first-order valence-corrected chi connectivity index (χ1v) is 21.5. The number of halogens is 2. The maximum Gasteiger partial charge on any atom is 0.410 e. The Bertz CT molecular complexity index is 2250. The molecule has 3 saturated heterocycles. The fourth-order valence-electron chi connectivity index (χ4n) is 8.69. The SMILES string of the molecule is CC(=O)O[C@@H](C)C(=O)N(C[C@@H]1CN(C(=O)OC(C)(C)C)C[C@H]1OC(=O)N1CC(CN2C(=O)C=CC2=O)C1)[C@@H](c1nc(-c2cc(F)ccc2F)cn1Cc1ccccc1)C1CCOCC1. The second kappa shape index (κ2) is 19.3. The number of hydrogen-bond donors (Lipinski definition) is 0. The topological polar surface area (TPSA) is 170 Å². The van der Waals surface area contributed by atoms with Gasteiger partial charge in [0.1, 0.15) is 29.2 Å². The molecule has 64 heavy (non-hydrogen) atoms. The summed E-state index contributed by atoms with van der Waals surface area (Å²) in [5, 5.41) is 0. The number of carbonyl (C=O) groups is 6. The van der Waals surface area contributed by atoms with E-state index in [4.69, 9.17) is 23.9 Å². The molecule has 18 heteroatoms. The largest absolute Gasteiger partial charge is 0.453 e. The van der Waals surface area contributed by atoms with E-state index in [9.17, 15) is 33.2 Å². The molecule has 0 saturated carbocycles. The second-order valence-electron chi connectivity index (χ2n) is 17.8. The average molecular weight is 889 g/mol. The molecule has 4 aliphatic heterocycles. The Hall–Kier alpha value is -6.17. The fraction of sp³-hybridized carbons (Fsp3) is 0.500. The molecule has 3 fully saturated rings. The molecule has 1 aromatic heterocycles. The van der Waals surface area contributed by atoms with E-state index in [1.54, 1.807) is 31.9 Å². The van der Waals surface area contributed by atoms with Crippen molar-refractivity contribution in [3.63, 3.8) is 0 Å². The van der Waals surface area contributed by atoms with Gasteiger partial charge in [0.05, 0.1) is 18.3 Å². The highest BCUT2D eigenvalue weighted by atomic mass is 19.1. The van der Waals surface area contributed by atoms with E-state index < -0.39 is 77.3 Å². The first kappa shape index (κ1) is 45.8. The van der Waals surface area contributed by atoms with Gasteiger partial charge in [-0.05, 0) is 70.2 Å². The van der Waals surface area contributed by atoms with Gasteiger partial charge in [-0.1, -0.05) is 30.3 Å². The Morgan fingerprint density at radius 2 is 1.59 bits per heavy atom. The van der Waals surface area contributed by atoms with Crippen molar-refractivity contribution in [2.45, 2.75) is 77.9 Å². The van der Waals surface area contributed by atoms with Crippen molar-refractivity contribution in [1.82, 2.24) is 29.2 Å². The van der Waals surface area contributed by atoms with Crippen LogP contribution in [0.3, 0.4) is 0 Å². The quantitative estimate of drug-likeness (QED) is 0.123. The van der Waals surface area contributed by atoms with Crippen LogP contribution in [0.15, 0.2) is 66.9 Å². The molecule has 4 aliphatic rings. The number of carbonyl (C=O) groups excluding carboxylic acids is 6. The summed E-state index contributed by atoms with van der Waals surface area (Å²) in [4.78, 5) is 89.6. The molecule has 0 radical (unpaired) electrons. The van der Waals surface area contributed by atoms with Crippen LogP contribution >= 0.6 is 0 Å². The van der Waals surface area contributed by atoms with Crippen LogP contribution in [0, 0.1) is 29.4 Å². The Morgan fingerprint density at radius 3 is 2.25 bits per heavy atom. The lowest BCUT2D eigenvalue weighted by molar-refractivity contribution is -0.160. The highest BCUT2D eigenvalue weighted by molar-refractivity contribution is 6.12. The maximum absolute atomic E-state index is 15.5. The number of ether oxygens (including phenoxy) is 4. The number of nitrogens with zero attached hydrogens (tertiary/aromatic N) is 6. The Kier molecular flexibility index (Phi) is 13.8. The zero-order valence-electron chi connectivity index (χ0n) is 36.6. The van der Waals surface area contributed by atoms with Gasteiger partial charge in [-0.3, -0.25) is 24.1 Å². The highest BCUT2D eigenvalue weighted by Crippen LogP contribution is 2.39. The van der Waals surface area contributed by atoms with Crippen molar-refractivity contribution in [2.75, 3.05) is 52.5 Å². The molecule has 5 heterocycles. The third-order valence-corrected chi connectivity index (χ3v) is 11.8. The third kappa shape index (κ3) is 10.8. The van der Waals surface area contributed by atoms with E-state index in [0.29, 0.717) is 31.9 Å². The third-order valence-electron chi connectivity index (χ3n) is 11.8. The summed E-state index contributed by atoms with van der Waals surface area (Å²) in [6, 6.07) is 11.7. The fourth-order valence-corrected chi connectivity index (χ4v) is 8.69. The van der Waals surface area contributed by atoms with Gasteiger partial charge < -0.3 is 38.2 Å². The number of aromatic nitrogens is 2. The minimum absolute atomic E-state index is 0.00605. The number of amides is 5. The lowest BCUT2D eigenvalue weighted by Gasteiger charge is -2.42. The first-order chi connectivity index (χ1) is 30.4. The monoisotopic (exact) mass is 888 g/mol. The normalized spacial score (nSPS) is 20.3. The summed E-state index contributed by atoms with van der Waals surface area (Å²) in [5.41, 5.74) is 0.0611. The van der Waals surface area contributed by atoms with Gasteiger partial charge in [0.15, 0.2) is 6.10 Å². The summed E-state index contributed by atoms with van der Waals surface area (Å²) in [6.07, 6.45) is 1.42. The Morgan fingerprint density at radius 1 is 0.922 bits per heavy atom. The summed E-state index contributed by atoms with van der Waals surface area (Å²) in [7, 11) is 0. The van der Waals surface area contributed by atoms with Crippen molar-refractivity contribution in [2.24, 2.45) is 17.8 Å². The molecule has 4 atom stereocenters. The van der Waals surface area contributed by atoms with Gasteiger partial charge in [0, 0.05) is 95.2 Å². The molecule has 16 nitrogen and oxygen atoms in total. The molecule has 5 amide bonds. The lowest BCUT2D eigenvalue weighted by atomic mass is 9.88. The van der Waals surface area contributed by atoms with Gasteiger partial charge in [-0.25, -0.2) is 23.4 Å². The van der Waals surface area contributed by atoms with Crippen molar-refractivity contribution in [3.8, 4) is 11.3 Å². The van der Waals surface area contributed by atoms with Crippen molar-refractivity contribution in [3.05, 3.63) is 89.9 Å². The van der Waals surface area contributed by atoms with E-state index in [1.807, 2.05) is 34.9 Å². The molecule has 2 aromatic carbocycles. The maximum atomic E-state index is 15.5. The van der Waals surface area contributed by atoms with Crippen LogP contribution in [0.5, 0.6) is 0 Å². The highest BCUT2D eigenvalue weighted by Gasteiger charge is 2.47. The second-order valence-corrected chi connectivity index (χ2v) is 17.8. The van der Waals surface area contributed by atoms with E-state index in [2.05, 4.69) is 0 Å². The number of esters is 1. The number of likely N-dealkylation sites (tertiary alicyclic amines) is 2. The van der Waals surface area contributed by atoms with Crippen LogP contribution in [-0.2, 0) is 44.7 Å². The predicted molar refractivity (Wildman–Crippen MR) is 225 cm³/mol. The summed E-state index contributed by atoms with van der Waals surface area (Å²) in [6.45, 7) is 9.19. The molecule has 0 bridgehead atoms. The van der Waals surface area contributed by atoms with Crippen molar-refractivity contribution >= 4 is 35.9 Å². The molecule has 3 aromatic rings. The number of hydrogen-bond acceptors (Lipinski definition) is 11. The van der Waals surface area contributed by atoms with Gasteiger partial charge in [-0.15, -0.1) is 0 Å². The summed E-state index contributed by atoms with van der Waals surface area (Å²) >= 11 is 0. The van der Waals surface area contributed by atoms with E-state index in [-0.39, 0.29) is 68.9 Å². The number of imide groups is 1. The Labute approximate surface area is 370 Å². The molecule has 342 valence electrons. The zero-order valence-corrected chi connectivity index (χ0v) is 36.6. The molecule has 0 N–H and O–H groups in total. The van der Waals surface area contributed by atoms with Crippen LogP contribution in [0.4, 0.5) is 18.4 Å².